The zero-order chi connectivity index (χ0) is 13.1. The van der Waals surface area contributed by atoms with Crippen LogP contribution in [0.25, 0.3) is 0 Å². The van der Waals surface area contributed by atoms with E-state index in [1.54, 1.807) is 12.1 Å². The summed E-state index contributed by atoms with van der Waals surface area (Å²) in [4.78, 5) is 0. The third-order valence-electron chi connectivity index (χ3n) is 3.17. The molecule has 1 atom stereocenters. The van der Waals surface area contributed by atoms with Crippen molar-refractivity contribution in [3.05, 3.63) is 58.0 Å². The minimum Gasteiger partial charge on any atom is -0.447 e. The minimum absolute atomic E-state index is 0.296. The zero-order valence-corrected chi connectivity index (χ0v) is 11.4. The van der Waals surface area contributed by atoms with Crippen LogP contribution in [0.2, 0.25) is 5.22 Å². The Morgan fingerprint density at radius 1 is 1.11 bits per heavy atom. The smallest absolute Gasteiger partial charge is 0.193 e. The Kier molecular flexibility index (Phi) is 4.10. The van der Waals surface area contributed by atoms with E-state index in [1.165, 1.54) is 11.1 Å². The van der Waals surface area contributed by atoms with E-state index in [4.69, 9.17) is 16.0 Å². The van der Waals surface area contributed by atoms with E-state index in [1.807, 2.05) is 12.1 Å². The number of aliphatic hydroxyl groups excluding tert-OH is 1. The lowest BCUT2D eigenvalue weighted by molar-refractivity contribution is 0.189. The highest BCUT2D eigenvalue weighted by molar-refractivity contribution is 6.28. The summed E-state index contributed by atoms with van der Waals surface area (Å²) in [6.07, 6.45) is 1.21. The molecular formula is C15H17ClO2. The Labute approximate surface area is 112 Å². The van der Waals surface area contributed by atoms with Crippen molar-refractivity contribution in [1.82, 2.24) is 0 Å². The average Bonchev–Trinajstić information content (AvgIpc) is 2.83. The largest absolute Gasteiger partial charge is 0.447 e. The van der Waals surface area contributed by atoms with Crippen molar-refractivity contribution in [2.24, 2.45) is 0 Å². The Morgan fingerprint density at radius 2 is 1.83 bits per heavy atom. The van der Waals surface area contributed by atoms with Gasteiger partial charge in [-0.1, -0.05) is 32.0 Å². The summed E-state index contributed by atoms with van der Waals surface area (Å²) < 4.78 is 5.25. The van der Waals surface area contributed by atoms with E-state index in [9.17, 15) is 5.11 Å². The molecule has 2 nitrogen and oxygen atoms in total. The Hall–Kier alpha value is -1.25. The van der Waals surface area contributed by atoms with Crippen LogP contribution in [0.4, 0.5) is 0 Å². The molecule has 2 rings (SSSR count). The molecule has 0 aliphatic heterocycles. The van der Waals surface area contributed by atoms with Crippen molar-refractivity contribution in [1.29, 1.82) is 0 Å². The molecular weight excluding hydrogens is 248 g/mol. The molecule has 1 aromatic heterocycles. The number of benzene rings is 1. The van der Waals surface area contributed by atoms with Gasteiger partial charge in [-0.25, -0.2) is 0 Å². The first kappa shape index (κ1) is 13.2. The van der Waals surface area contributed by atoms with Crippen LogP contribution >= 0.6 is 11.6 Å². The lowest BCUT2D eigenvalue weighted by Crippen LogP contribution is -2.01. The zero-order valence-electron chi connectivity index (χ0n) is 10.6. The lowest BCUT2D eigenvalue weighted by Gasteiger charge is -2.12. The molecule has 1 N–H and O–H groups in total. The summed E-state index contributed by atoms with van der Waals surface area (Å²) in [5.74, 6) is 0.478. The number of aryl methyl sites for hydroxylation is 2. The molecule has 0 saturated carbocycles. The predicted molar refractivity (Wildman–Crippen MR) is 73.0 cm³/mol. The van der Waals surface area contributed by atoms with Gasteiger partial charge in [-0.2, -0.15) is 0 Å². The fraction of sp³-hybridized carbons (Fsp3) is 0.333. The van der Waals surface area contributed by atoms with Gasteiger partial charge in [0.25, 0.3) is 0 Å². The Morgan fingerprint density at radius 3 is 2.39 bits per heavy atom. The molecule has 0 saturated heterocycles. The third kappa shape index (κ3) is 2.60. The van der Waals surface area contributed by atoms with Gasteiger partial charge in [0.1, 0.15) is 11.9 Å². The summed E-state index contributed by atoms with van der Waals surface area (Å²) in [5.41, 5.74) is 3.44. The molecule has 0 spiro atoms. The van der Waals surface area contributed by atoms with Crippen LogP contribution in [0.1, 0.15) is 42.4 Å². The number of furan rings is 1. The van der Waals surface area contributed by atoms with E-state index in [0.717, 1.165) is 18.4 Å². The summed E-state index contributed by atoms with van der Waals surface area (Å²) in [7, 11) is 0. The van der Waals surface area contributed by atoms with Crippen LogP contribution in [0.3, 0.4) is 0 Å². The quantitative estimate of drug-likeness (QED) is 0.900. The molecule has 0 aliphatic rings. The second-order valence-corrected chi connectivity index (χ2v) is 4.65. The number of hydrogen-bond acceptors (Lipinski definition) is 2. The second-order valence-electron chi connectivity index (χ2n) is 4.28. The average molecular weight is 265 g/mol. The standard InChI is InChI=1S/C15H17ClO2/c1-3-10-5-6-12(9-11(10)4-2)15(17)13-7-8-14(16)18-13/h5-9,15,17H,3-4H2,1-2H3. The van der Waals surface area contributed by atoms with Crippen LogP contribution in [0.15, 0.2) is 34.7 Å². The van der Waals surface area contributed by atoms with Crippen LogP contribution in [-0.2, 0) is 12.8 Å². The molecule has 0 amide bonds. The Balaban J connectivity index is 2.33. The number of halogens is 1. The molecule has 18 heavy (non-hydrogen) atoms. The number of hydrogen-bond donors (Lipinski definition) is 1. The maximum absolute atomic E-state index is 10.2. The molecule has 0 fully saturated rings. The van der Waals surface area contributed by atoms with Gasteiger partial charge >= 0.3 is 0 Å². The summed E-state index contributed by atoms with van der Waals surface area (Å²) in [6, 6.07) is 9.40. The van der Waals surface area contributed by atoms with Crippen molar-refractivity contribution in [3.8, 4) is 0 Å². The highest BCUT2D eigenvalue weighted by Crippen LogP contribution is 2.27. The van der Waals surface area contributed by atoms with Crippen molar-refractivity contribution in [2.75, 3.05) is 0 Å². The fourth-order valence-electron chi connectivity index (χ4n) is 2.13. The van der Waals surface area contributed by atoms with Gasteiger partial charge in [0.2, 0.25) is 0 Å². The summed E-state index contributed by atoms with van der Waals surface area (Å²) in [5, 5.41) is 10.5. The lowest BCUT2D eigenvalue weighted by atomic mass is 9.97. The maximum Gasteiger partial charge on any atom is 0.193 e. The van der Waals surface area contributed by atoms with E-state index in [-0.39, 0.29) is 0 Å². The van der Waals surface area contributed by atoms with E-state index in [2.05, 4.69) is 19.9 Å². The van der Waals surface area contributed by atoms with Crippen LogP contribution in [-0.4, -0.2) is 5.11 Å². The molecule has 0 bridgehead atoms. The number of aliphatic hydroxyl groups is 1. The summed E-state index contributed by atoms with van der Waals surface area (Å²) >= 11 is 5.72. The van der Waals surface area contributed by atoms with E-state index in [0.29, 0.717) is 11.0 Å². The third-order valence-corrected chi connectivity index (χ3v) is 3.37. The van der Waals surface area contributed by atoms with Crippen molar-refractivity contribution in [3.63, 3.8) is 0 Å². The summed E-state index contributed by atoms with van der Waals surface area (Å²) in [6.45, 7) is 4.26. The number of rotatable bonds is 4. The molecule has 1 unspecified atom stereocenters. The molecule has 0 radical (unpaired) electrons. The van der Waals surface area contributed by atoms with Crippen LogP contribution in [0, 0.1) is 0 Å². The van der Waals surface area contributed by atoms with Gasteiger partial charge in [-0.3, -0.25) is 0 Å². The van der Waals surface area contributed by atoms with Gasteiger partial charge < -0.3 is 9.52 Å². The van der Waals surface area contributed by atoms with Gasteiger partial charge in [0, 0.05) is 0 Å². The topological polar surface area (TPSA) is 33.4 Å². The first-order valence-electron chi connectivity index (χ1n) is 6.20. The normalized spacial score (nSPS) is 12.7. The molecule has 1 heterocycles. The molecule has 2 aromatic rings. The SMILES string of the molecule is CCc1ccc(C(O)c2ccc(Cl)o2)cc1CC. The minimum atomic E-state index is -0.756. The second kappa shape index (κ2) is 5.59. The monoisotopic (exact) mass is 264 g/mol. The molecule has 96 valence electrons. The Bertz CT molecular complexity index is 531. The highest BCUT2D eigenvalue weighted by atomic mass is 35.5. The molecule has 3 heteroatoms. The van der Waals surface area contributed by atoms with Gasteiger partial charge in [-0.15, -0.1) is 0 Å². The van der Waals surface area contributed by atoms with Gasteiger partial charge in [0.15, 0.2) is 5.22 Å². The van der Waals surface area contributed by atoms with Crippen molar-refractivity contribution in [2.45, 2.75) is 32.8 Å². The van der Waals surface area contributed by atoms with Gasteiger partial charge in [0.05, 0.1) is 0 Å². The maximum atomic E-state index is 10.2. The van der Waals surface area contributed by atoms with Crippen molar-refractivity contribution >= 4 is 11.6 Å². The first-order chi connectivity index (χ1) is 8.65. The molecule has 0 aliphatic carbocycles. The molecule has 1 aromatic carbocycles. The first-order valence-corrected chi connectivity index (χ1v) is 6.58. The van der Waals surface area contributed by atoms with E-state index < -0.39 is 6.10 Å². The van der Waals surface area contributed by atoms with Gasteiger partial charge in [-0.05, 0) is 53.3 Å². The van der Waals surface area contributed by atoms with Crippen LogP contribution < -0.4 is 0 Å². The fourth-order valence-corrected chi connectivity index (χ4v) is 2.28. The highest BCUT2D eigenvalue weighted by Gasteiger charge is 2.15. The van der Waals surface area contributed by atoms with Crippen molar-refractivity contribution < 1.29 is 9.52 Å². The van der Waals surface area contributed by atoms with E-state index >= 15 is 0 Å². The predicted octanol–water partition coefficient (Wildman–Crippen LogP) is 4.14. The van der Waals surface area contributed by atoms with Crippen LogP contribution in [0.5, 0.6) is 0 Å².